The first kappa shape index (κ1) is 27.0. The van der Waals surface area contributed by atoms with Crippen molar-refractivity contribution in [2.45, 2.75) is 100 Å². The number of hydrogen-bond donors (Lipinski definition) is 0. The van der Waals surface area contributed by atoms with Crippen LogP contribution in [0.3, 0.4) is 0 Å². The van der Waals surface area contributed by atoms with Gasteiger partial charge in [0.2, 0.25) is 0 Å². The van der Waals surface area contributed by atoms with Crippen LogP contribution < -0.4 is 10.2 Å². The Morgan fingerprint density at radius 3 is 1.97 bits per heavy atom. The zero-order chi connectivity index (χ0) is 25.5. The van der Waals surface area contributed by atoms with Gasteiger partial charge in [0.15, 0.2) is 6.79 Å². The zero-order valence-corrected chi connectivity index (χ0v) is 23.3. The molecule has 0 saturated carbocycles. The lowest BCUT2D eigenvalue weighted by molar-refractivity contribution is 0.00578. The maximum atomic E-state index is 6.50. The summed E-state index contributed by atoms with van der Waals surface area (Å²) in [6.07, 6.45) is 1.89. The molecule has 3 rings (SSSR count). The van der Waals surface area contributed by atoms with E-state index in [-0.39, 0.29) is 17.6 Å². The zero-order valence-electron chi connectivity index (χ0n) is 23.3. The third-order valence-electron chi connectivity index (χ3n) is 6.73. The van der Waals surface area contributed by atoms with Gasteiger partial charge in [-0.3, -0.25) is 0 Å². The Kier molecular flexibility index (Phi) is 7.54. The Bertz CT molecular complexity index is 995. The maximum Gasteiger partial charge on any atom is 0.498 e. The van der Waals surface area contributed by atoms with Crippen molar-refractivity contribution in [3.63, 3.8) is 0 Å². The standard InChI is InChI=1S/C29H45BO4/c1-12-31-19-32-25-23(18-27(5,6)7)22-14-13-20(17-26(2,3)4)15-21(22)16-24(25)30-33-28(8,9)29(10,11)34-30/h13-16H,12,17-19H2,1-11H3. The van der Waals surface area contributed by atoms with Crippen LogP contribution >= 0.6 is 0 Å². The fraction of sp³-hybridized carbons (Fsp3) is 0.655. The lowest BCUT2D eigenvalue weighted by atomic mass is 9.74. The first-order chi connectivity index (χ1) is 15.5. The van der Waals surface area contributed by atoms with E-state index in [1.54, 1.807) is 0 Å². The summed E-state index contributed by atoms with van der Waals surface area (Å²) in [5, 5.41) is 2.42. The molecule has 2 aromatic carbocycles. The number of rotatable bonds is 7. The highest BCUT2D eigenvalue weighted by Gasteiger charge is 2.52. The first-order valence-corrected chi connectivity index (χ1v) is 12.7. The molecule has 1 aliphatic heterocycles. The predicted molar refractivity (Wildman–Crippen MR) is 143 cm³/mol. The highest BCUT2D eigenvalue weighted by molar-refractivity contribution is 6.63. The smallest absolute Gasteiger partial charge is 0.468 e. The number of fused-ring (bicyclic) bond motifs is 1. The number of hydrogen-bond acceptors (Lipinski definition) is 4. The molecule has 188 valence electrons. The molecule has 0 spiro atoms. The van der Waals surface area contributed by atoms with Gasteiger partial charge in [0.25, 0.3) is 0 Å². The van der Waals surface area contributed by atoms with Gasteiger partial charge in [-0.05, 0) is 74.6 Å². The second-order valence-electron chi connectivity index (χ2n) is 13.1. The van der Waals surface area contributed by atoms with Crippen molar-refractivity contribution >= 4 is 23.4 Å². The molecule has 0 radical (unpaired) electrons. The largest absolute Gasteiger partial charge is 0.498 e. The summed E-state index contributed by atoms with van der Waals surface area (Å²) in [5.74, 6) is 0.831. The molecule has 5 heteroatoms. The first-order valence-electron chi connectivity index (χ1n) is 12.7. The predicted octanol–water partition coefficient (Wildman–Crippen LogP) is 6.69. The van der Waals surface area contributed by atoms with Crippen molar-refractivity contribution in [2.24, 2.45) is 10.8 Å². The van der Waals surface area contributed by atoms with E-state index in [9.17, 15) is 0 Å². The molecule has 1 aliphatic rings. The molecule has 0 bridgehead atoms. The van der Waals surface area contributed by atoms with Crippen LogP contribution in [-0.2, 0) is 26.9 Å². The summed E-state index contributed by atoms with van der Waals surface area (Å²) in [6, 6.07) is 9.06. The van der Waals surface area contributed by atoms with Crippen LogP contribution in [0, 0.1) is 10.8 Å². The molecular weight excluding hydrogens is 423 g/mol. The Hall–Kier alpha value is -1.56. The molecule has 1 saturated heterocycles. The Morgan fingerprint density at radius 2 is 1.44 bits per heavy atom. The molecular formula is C29H45BO4. The summed E-state index contributed by atoms with van der Waals surface area (Å²) < 4.78 is 24.9. The molecule has 2 aromatic rings. The Balaban J connectivity index is 2.23. The third kappa shape index (κ3) is 6.16. The summed E-state index contributed by atoms with van der Waals surface area (Å²) in [6.45, 7) is 24.8. The summed E-state index contributed by atoms with van der Waals surface area (Å²) in [4.78, 5) is 0. The van der Waals surface area contributed by atoms with Gasteiger partial charge in [0, 0.05) is 17.6 Å². The minimum atomic E-state index is -0.504. The van der Waals surface area contributed by atoms with Crippen molar-refractivity contribution in [1.29, 1.82) is 0 Å². The van der Waals surface area contributed by atoms with E-state index in [2.05, 4.69) is 93.5 Å². The van der Waals surface area contributed by atoms with Gasteiger partial charge in [-0.25, -0.2) is 0 Å². The van der Waals surface area contributed by atoms with Gasteiger partial charge < -0.3 is 18.8 Å². The van der Waals surface area contributed by atoms with E-state index in [1.807, 2.05) is 6.92 Å². The lowest BCUT2D eigenvalue weighted by Gasteiger charge is -2.32. The monoisotopic (exact) mass is 468 g/mol. The normalized spacial score (nSPS) is 18.0. The highest BCUT2D eigenvalue weighted by atomic mass is 16.7. The summed E-state index contributed by atoms with van der Waals surface area (Å²) in [7, 11) is -0.504. The van der Waals surface area contributed by atoms with Crippen molar-refractivity contribution in [3.05, 3.63) is 35.4 Å². The molecule has 0 atom stereocenters. The van der Waals surface area contributed by atoms with Crippen LogP contribution in [0.2, 0.25) is 0 Å². The van der Waals surface area contributed by atoms with Gasteiger partial charge in [0.05, 0.1) is 11.2 Å². The minimum Gasteiger partial charge on any atom is -0.468 e. The van der Waals surface area contributed by atoms with Crippen LogP contribution in [0.4, 0.5) is 0 Å². The van der Waals surface area contributed by atoms with Gasteiger partial charge in [0.1, 0.15) is 5.75 Å². The van der Waals surface area contributed by atoms with Crippen molar-refractivity contribution in [3.8, 4) is 5.75 Å². The van der Waals surface area contributed by atoms with Crippen molar-refractivity contribution < 1.29 is 18.8 Å². The fourth-order valence-corrected chi connectivity index (χ4v) is 4.46. The topological polar surface area (TPSA) is 36.9 Å². The van der Waals surface area contributed by atoms with Crippen LogP contribution in [0.25, 0.3) is 10.8 Å². The summed E-state index contributed by atoms with van der Waals surface area (Å²) in [5.41, 5.74) is 2.91. The van der Waals surface area contributed by atoms with Crippen LogP contribution in [0.5, 0.6) is 5.75 Å². The number of ether oxygens (including phenoxy) is 2. The molecule has 0 aromatic heterocycles. The van der Waals surface area contributed by atoms with Gasteiger partial charge >= 0.3 is 7.12 Å². The van der Waals surface area contributed by atoms with E-state index in [1.165, 1.54) is 21.9 Å². The van der Waals surface area contributed by atoms with Gasteiger partial charge in [-0.2, -0.15) is 0 Å². The van der Waals surface area contributed by atoms with Crippen LogP contribution in [0.1, 0.15) is 87.3 Å². The molecule has 0 aliphatic carbocycles. The van der Waals surface area contributed by atoms with Gasteiger partial charge in [-0.15, -0.1) is 0 Å². The second kappa shape index (κ2) is 9.48. The SMILES string of the molecule is CCOCOc1c(B2OC(C)(C)C(C)(C)O2)cc2cc(CC(C)(C)C)ccc2c1CC(C)(C)C. The lowest BCUT2D eigenvalue weighted by Crippen LogP contribution is -2.41. The van der Waals surface area contributed by atoms with E-state index < -0.39 is 18.3 Å². The molecule has 0 N–H and O–H groups in total. The van der Waals surface area contributed by atoms with E-state index in [0.717, 1.165) is 24.1 Å². The van der Waals surface area contributed by atoms with Crippen molar-refractivity contribution in [1.82, 2.24) is 0 Å². The maximum absolute atomic E-state index is 6.50. The number of benzene rings is 2. The average Bonchev–Trinajstić information content (AvgIpc) is 2.87. The fourth-order valence-electron chi connectivity index (χ4n) is 4.46. The highest BCUT2D eigenvalue weighted by Crippen LogP contribution is 2.40. The molecule has 1 fully saturated rings. The Labute approximate surface area is 207 Å². The molecule has 34 heavy (non-hydrogen) atoms. The summed E-state index contributed by atoms with van der Waals surface area (Å²) >= 11 is 0. The van der Waals surface area contributed by atoms with E-state index in [4.69, 9.17) is 18.8 Å². The quantitative estimate of drug-likeness (QED) is 0.258. The molecule has 1 heterocycles. The molecule has 0 amide bonds. The van der Waals surface area contributed by atoms with Crippen LogP contribution in [0.15, 0.2) is 24.3 Å². The Morgan fingerprint density at radius 1 is 0.853 bits per heavy atom. The second-order valence-corrected chi connectivity index (χ2v) is 13.1. The van der Waals surface area contributed by atoms with Crippen LogP contribution in [-0.4, -0.2) is 31.7 Å². The average molecular weight is 468 g/mol. The van der Waals surface area contributed by atoms with E-state index in [0.29, 0.717) is 6.61 Å². The molecule has 4 nitrogen and oxygen atoms in total. The molecule has 0 unspecified atom stereocenters. The minimum absolute atomic E-state index is 0.0787. The van der Waals surface area contributed by atoms with Crippen molar-refractivity contribution in [2.75, 3.05) is 13.4 Å². The van der Waals surface area contributed by atoms with E-state index >= 15 is 0 Å². The van der Waals surface area contributed by atoms with Gasteiger partial charge in [-0.1, -0.05) is 65.8 Å². The third-order valence-corrected chi connectivity index (χ3v) is 6.73.